The lowest BCUT2D eigenvalue weighted by Crippen LogP contribution is -2.32. The van der Waals surface area contributed by atoms with E-state index < -0.39 is 5.97 Å². The van der Waals surface area contributed by atoms with Crippen LogP contribution in [0.5, 0.6) is 0 Å². The first kappa shape index (κ1) is 13.3. The van der Waals surface area contributed by atoms with Gasteiger partial charge in [-0.1, -0.05) is 12.3 Å². The van der Waals surface area contributed by atoms with Gasteiger partial charge in [-0.2, -0.15) is 0 Å². The Morgan fingerprint density at radius 2 is 2.16 bits per heavy atom. The number of aliphatic carboxylic acids is 1. The van der Waals surface area contributed by atoms with E-state index in [-0.39, 0.29) is 13.1 Å². The number of fused-ring (bicyclic) bond motifs is 1. The van der Waals surface area contributed by atoms with E-state index in [0.717, 1.165) is 36.9 Å². The number of aryl methyl sites for hydroxylation is 1. The van der Waals surface area contributed by atoms with E-state index in [2.05, 4.69) is 15.9 Å². The van der Waals surface area contributed by atoms with Crippen molar-refractivity contribution >= 4 is 11.8 Å². The van der Waals surface area contributed by atoms with Gasteiger partial charge in [-0.15, -0.1) is 6.42 Å². The molecule has 0 radical (unpaired) electrons. The van der Waals surface area contributed by atoms with Crippen LogP contribution in [0.2, 0.25) is 0 Å². The molecule has 0 amide bonds. The molecule has 0 fully saturated rings. The van der Waals surface area contributed by atoms with Gasteiger partial charge in [0, 0.05) is 11.3 Å². The number of carboxylic acids is 1. The molecule has 1 aromatic heterocycles. The maximum Gasteiger partial charge on any atom is 0.323 e. The van der Waals surface area contributed by atoms with Crippen LogP contribution in [0.4, 0.5) is 5.82 Å². The molecule has 1 N–H and O–H groups in total. The zero-order valence-corrected chi connectivity index (χ0v) is 10.8. The van der Waals surface area contributed by atoms with E-state index >= 15 is 0 Å². The lowest BCUT2D eigenvalue weighted by Gasteiger charge is -2.22. The Morgan fingerprint density at radius 3 is 2.89 bits per heavy atom. The van der Waals surface area contributed by atoms with Crippen molar-refractivity contribution in [3.8, 4) is 12.3 Å². The summed E-state index contributed by atoms with van der Waals surface area (Å²) in [6, 6.07) is 0. The minimum atomic E-state index is -0.906. The first-order chi connectivity index (χ1) is 9.22. The van der Waals surface area contributed by atoms with Crippen LogP contribution in [0, 0.1) is 12.3 Å². The van der Waals surface area contributed by atoms with E-state index in [1.807, 2.05) is 0 Å². The highest BCUT2D eigenvalue weighted by molar-refractivity contribution is 5.74. The van der Waals surface area contributed by atoms with Gasteiger partial charge in [0.1, 0.15) is 18.7 Å². The van der Waals surface area contributed by atoms with Crippen molar-refractivity contribution in [2.45, 2.75) is 32.1 Å². The average Bonchev–Trinajstić information content (AvgIpc) is 2.62. The summed E-state index contributed by atoms with van der Waals surface area (Å²) in [6.07, 6.45) is 12.0. The highest BCUT2D eigenvalue weighted by atomic mass is 16.4. The Bertz CT molecular complexity index is 508. The summed E-state index contributed by atoms with van der Waals surface area (Å²) in [5, 5.41) is 8.98. The zero-order valence-electron chi connectivity index (χ0n) is 10.8. The SMILES string of the molecule is C#CCN(CC(=O)O)c1ncnc2c1CCCCC2. The maximum absolute atomic E-state index is 10.9. The number of carboxylic acid groups (broad SMARTS) is 1. The minimum absolute atomic E-state index is 0.131. The van der Waals surface area contributed by atoms with Crippen LogP contribution < -0.4 is 4.90 Å². The Balaban J connectivity index is 2.36. The van der Waals surface area contributed by atoms with Crippen LogP contribution in [-0.4, -0.2) is 34.1 Å². The molecule has 2 rings (SSSR count). The summed E-state index contributed by atoms with van der Waals surface area (Å²) in [6.45, 7) is 0.114. The number of terminal acetylenes is 1. The van der Waals surface area contributed by atoms with Gasteiger partial charge in [0.15, 0.2) is 0 Å². The molecule has 0 saturated carbocycles. The van der Waals surface area contributed by atoms with Crippen LogP contribution in [0.15, 0.2) is 6.33 Å². The van der Waals surface area contributed by atoms with Crippen molar-refractivity contribution in [1.29, 1.82) is 0 Å². The topological polar surface area (TPSA) is 66.3 Å². The molecule has 1 heterocycles. The molecule has 1 aromatic rings. The molecule has 5 heteroatoms. The molecule has 0 atom stereocenters. The summed E-state index contributed by atoms with van der Waals surface area (Å²) < 4.78 is 0. The van der Waals surface area contributed by atoms with Gasteiger partial charge < -0.3 is 10.0 Å². The predicted molar refractivity (Wildman–Crippen MR) is 72.0 cm³/mol. The second-order valence-electron chi connectivity index (χ2n) is 4.64. The van der Waals surface area contributed by atoms with Crippen LogP contribution in [-0.2, 0) is 17.6 Å². The summed E-state index contributed by atoms with van der Waals surface area (Å²) in [5.41, 5.74) is 2.10. The fraction of sp³-hybridized carbons (Fsp3) is 0.500. The summed E-state index contributed by atoms with van der Waals surface area (Å²) >= 11 is 0. The summed E-state index contributed by atoms with van der Waals surface area (Å²) in [7, 11) is 0. The Hall–Kier alpha value is -2.09. The molecule has 0 spiro atoms. The first-order valence-corrected chi connectivity index (χ1v) is 6.45. The number of anilines is 1. The summed E-state index contributed by atoms with van der Waals surface area (Å²) in [4.78, 5) is 21.2. The lowest BCUT2D eigenvalue weighted by atomic mass is 10.1. The van der Waals surface area contributed by atoms with Gasteiger partial charge in [0.25, 0.3) is 0 Å². The summed E-state index contributed by atoms with van der Waals surface area (Å²) in [5.74, 6) is 2.28. The third-order valence-corrected chi connectivity index (χ3v) is 3.26. The third-order valence-electron chi connectivity index (χ3n) is 3.26. The van der Waals surface area contributed by atoms with Crippen molar-refractivity contribution in [3.63, 3.8) is 0 Å². The zero-order chi connectivity index (χ0) is 13.7. The Labute approximate surface area is 112 Å². The first-order valence-electron chi connectivity index (χ1n) is 6.45. The standard InChI is InChI=1S/C14H17N3O2/c1-2-8-17(9-13(18)19)14-11-6-4-3-5-7-12(11)15-10-16-14/h1,10H,3-9H2,(H,18,19). The largest absolute Gasteiger partial charge is 0.480 e. The Kier molecular flexibility index (Phi) is 4.35. The number of aromatic nitrogens is 2. The molecule has 0 unspecified atom stereocenters. The average molecular weight is 259 g/mol. The molecule has 0 aliphatic heterocycles. The monoisotopic (exact) mass is 259 g/mol. The van der Waals surface area contributed by atoms with Crippen LogP contribution in [0.3, 0.4) is 0 Å². The van der Waals surface area contributed by atoms with Crippen LogP contribution >= 0.6 is 0 Å². The molecule has 0 bridgehead atoms. The van der Waals surface area contributed by atoms with Crippen molar-refractivity contribution < 1.29 is 9.90 Å². The Morgan fingerprint density at radius 1 is 1.37 bits per heavy atom. The van der Waals surface area contributed by atoms with Gasteiger partial charge >= 0.3 is 5.97 Å². The molecule has 1 aliphatic rings. The second-order valence-corrected chi connectivity index (χ2v) is 4.64. The molecular formula is C14H17N3O2. The molecule has 0 saturated heterocycles. The smallest absolute Gasteiger partial charge is 0.323 e. The fourth-order valence-corrected chi connectivity index (χ4v) is 2.43. The number of nitrogens with zero attached hydrogens (tertiary/aromatic N) is 3. The van der Waals surface area contributed by atoms with Crippen molar-refractivity contribution in [1.82, 2.24) is 9.97 Å². The van der Waals surface area contributed by atoms with E-state index in [1.165, 1.54) is 12.7 Å². The molecule has 100 valence electrons. The van der Waals surface area contributed by atoms with Gasteiger partial charge in [-0.25, -0.2) is 9.97 Å². The third kappa shape index (κ3) is 3.22. The van der Waals surface area contributed by atoms with E-state index in [0.29, 0.717) is 5.82 Å². The highest BCUT2D eigenvalue weighted by Crippen LogP contribution is 2.26. The van der Waals surface area contributed by atoms with Crippen molar-refractivity contribution in [2.24, 2.45) is 0 Å². The highest BCUT2D eigenvalue weighted by Gasteiger charge is 2.19. The van der Waals surface area contributed by atoms with Crippen LogP contribution in [0.25, 0.3) is 0 Å². The quantitative estimate of drug-likeness (QED) is 0.651. The molecule has 0 aromatic carbocycles. The molecule has 19 heavy (non-hydrogen) atoms. The van der Waals surface area contributed by atoms with Gasteiger partial charge in [0.2, 0.25) is 0 Å². The van der Waals surface area contributed by atoms with E-state index in [1.54, 1.807) is 4.90 Å². The fourth-order valence-electron chi connectivity index (χ4n) is 2.43. The normalized spacial score (nSPS) is 14.1. The second kappa shape index (κ2) is 6.19. The number of hydrogen-bond acceptors (Lipinski definition) is 4. The molecular weight excluding hydrogens is 242 g/mol. The minimum Gasteiger partial charge on any atom is -0.480 e. The van der Waals surface area contributed by atoms with Crippen molar-refractivity contribution in [3.05, 3.63) is 17.6 Å². The van der Waals surface area contributed by atoms with Gasteiger partial charge in [0.05, 0.1) is 6.54 Å². The van der Waals surface area contributed by atoms with Gasteiger partial charge in [-0.3, -0.25) is 4.79 Å². The van der Waals surface area contributed by atoms with E-state index in [9.17, 15) is 4.79 Å². The van der Waals surface area contributed by atoms with Crippen LogP contribution in [0.1, 0.15) is 30.5 Å². The maximum atomic E-state index is 10.9. The van der Waals surface area contributed by atoms with Gasteiger partial charge in [-0.05, 0) is 25.7 Å². The number of hydrogen-bond donors (Lipinski definition) is 1. The van der Waals surface area contributed by atoms with Crippen molar-refractivity contribution in [2.75, 3.05) is 18.0 Å². The molecule has 5 nitrogen and oxygen atoms in total. The van der Waals surface area contributed by atoms with E-state index in [4.69, 9.17) is 11.5 Å². The number of rotatable bonds is 4. The predicted octanol–water partition coefficient (Wildman–Crippen LogP) is 1.27. The number of carbonyl (C=O) groups is 1. The lowest BCUT2D eigenvalue weighted by molar-refractivity contribution is -0.135. The molecule has 1 aliphatic carbocycles.